The van der Waals surface area contributed by atoms with Crippen LogP contribution in [-0.2, 0) is 0 Å². The van der Waals surface area contributed by atoms with Crippen molar-refractivity contribution in [3.8, 4) is 11.8 Å². The number of hydrogen-bond donors (Lipinski definition) is 2. The standard InChI is InChI=1S/C16H20FNO2/c1-3-12(2)11-18-16(20)15-8-7-14(17)10-13(15)6-4-5-9-19/h7-8,10,12,19H,3,5,9,11H2,1-2H3,(H,18,20). The minimum atomic E-state index is -0.434. The molecule has 1 atom stereocenters. The highest BCUT2D eigenvalue weighted by Crippen LogP contribution is 2.11. The Morgan fingerprint density at radius 2 is 2.25 bits per heavy atom. The van der Waals surface area contributed by atoms with E-state index in [2.05, 4.69) is 24.1 Å². The fourth-order valence-electron chi connectivity index (χ4n) is 1.54. The topological polar surface area (TPSA) is 49.3 Å². The van der Waals surface area contributed by atoms with Gasteiger partial charge in [0.15, 0.2) is 0 Å². The molecule has 2 N–H and O–H groups in total. The molecule has 0 aliphatic rings. The van der Waals surface area contributed by atoms with Crippen molar-refractivity contribution in [2.75, 3.05) is 13.2 Å². The fourth-order valence-corrected chi connectivity index (χ4v) is 1.54. The maximum Gasteiger partial charge on any atom is 0.252 e. The van der Waals surface area contributed by atoms with Crippen molar-refractivity contribution in [2.24, 2.45) is 5.92 Å². The first kappa shape index (κ1) is 16.2. The molecule has 1 aromatic rings. The van der Waals surface area contributed by atoms with Crippen LogP contribution < -0.4 is 5.32 Å². The van der Waals surface area contributed by atoms with Gasteiger partial charge in [-0.1, -0.05) is 32.1 Å². The lowest BCUT2D eigenvalue weighted by atomic mass is 10.1. The molecule has 0 radical (unpaired) electrons. The number of nitrogens with one attached hydrogen (secondary N) is 1. The van der Waals surface area contributed by atoms with E-state index in [1.807, 2.05) is 6.92 Å². The number of halogens is 1. The van der Waals surface area contributed by atoms with Crippen molar-refractivity contribution in [3.63, 3.8) is 0 Å². The van der Waals surface area contributed by atoms with E-state index < -0.39 is 5.82 Å². The van der Waals surface area contributed by atoms with Crippen LogP contribution in [0, 0.1) is 23.6 Å². The summed E-state index contributed by atoms with van der Waals surface area (Å²) < 4.78 is 13.2. The summed E-state index contributed by atoms with van der Waals surface area (Å²) in [6.45, 7) is 4.63. The van der Waals surface area contributed by atoms with Crippen LogP contribution in [0.3, 0.4) is 0 Å². The normalized spacial score (nSPS) is 11.4. The first-order valence-electron chi connectivity index (χ1n) is 6.76. The molecule has 3 nitrogen and oxygen atoms in total. The van der Waals surface area contributed by atoms with E-state index in [1.165, 1.54) is 18.2 Å². The van der Waals surface area contributed by atoms with Crippen molar-refractivity contribution < 1.29 is 14.3 Å². The Bertz CT molecular complexity index is 517. The van der Waals surface area contributed by atoms with E-state index in [0.29, 0.717) is 30.0 Å². The van der Waals surface area contributed by atoms with E-state index >= 15 is 0 Å². The molecule has 0 aromatic heterocycles. The molecule has 4 heteroatoms. The molecule has 1 aromatic carbocycles. The second-order valence-corrected chi connectivity index (χ2v) is 4.69. The SMILES string of the molecule is CCC(C)CNC(=O)c1ccc(F)cc1C#CCCO. The zero-order chi connectivity index (χ0) is 15.0. The number of rotatable bonds is 5. The van der Waals surface area contributed by atoms with Gasteiger partial charge in [0.05, 0.1) is 12.2 Å². The Hall–Kier alpha value is -1.86. The highest BCUT2D eigenvalue weighted by molar-refractivity contribution is 5.96. The summed E-state index contributed by atoms with van der Waals surface area (Å²) in [6, 6.07) is 3.92. The molecule has 20 heavy (non-hydrogen) atoms. The van der Waals surface area contributed by atoms with Crippen molar-refractivity contribution in [3.05, 3.63) is 35.1 Å². The molecule has 0 bridgehead atoms. The van der Waals surface area contributed by atoms with Crippen molar-refractivity contribution in [1.29, 1.82) is 0 Å². The van der Waals surface area contributed by atoms with Crippen LogP contribution in [0.4, 0.5) is 4.39 Å². The number of hydrogen-bond acceptors (Lipinski definition) is 2. The first-order chi connectivity index (χ1) is 9.58. The Labute approximate surface area is 119 Å². The number of aliphatic hydroxyl groups is 1. The van der Waals surface area contributed by atoms with Crippen molar-refractivity contribution in [2.45, 2.75) is 26.7 Å². The summed E-state index contributed by atoms with van der Waals surface area (Å²) in [6.07, 6.45) is 1.28. The smallest absolute Gasteiger partial charge is 0.252 e. The zero-order valence-electron chi connectivity index (χ0n) is 11.9. The predicted octanol–water partition coefficient (Wildman–Crippen LogP) is 2.34. The Kier molecular flexibility index (Phi) is 6.75. The summed E-state index contributed by atoms with van der Waals surface area (Å²) in [4.78, 5) is 12.1. The van der Waals surface area contributed by atoms with Crippen LogP contribution in [0.25, 0.3) is 0 Å². The van der Waals surface area contributed by atoms with Crippen molar-refractivity contribution in [1.82, 2.24) is 5.32 Å². The molecule has 0 aliphatic heterocycles. The number of carbonyl (C=O) groups is 1. The van der Waals surface area contributed by atoms with Gasteiger partial charge < -0.3 is 10.4 Å². The highest BCUT2D eigenvalue weighted by Gasteiger charge is 2.11. The Morgan fingerprint density at radius 1 is 1.50 bits per heavy atom. The van der Waals surface area contributed by atoms with Gasteiger partial charge in [0.1, 0.15) is 5.82 Å². The predicted molar refractivity (Wildman–Crippen MR) is 76.8 cm³/mol. The summed E-state index contributed by atoms with van der Waals surface area (Å²) in [5.41, 5.74) is 0.709. The lowest BCUT2D eigenvalue weighted by Crippen LogP contribution is -2.28. The third kappa shape index (κ3) is 5.02. The van der Waals surface area contributed by atoms with E-state index in [-0.39, 0.29) is 12.5 Å². The van der Waals surface area contributed by atoms with Crippen LogP contribution in [-0.4, -0.2) is 24.2 Å². The van der Waals surface area contributed by atoms with Crippen LogP contribution in [0.2, 0.25) is 0 Å². The number of carbonyl (C=O) groups excluding carboxylic acids is 1. The molecule has 0 saturated carbocycles. The Balaban J connectivity index is 2.88. The Morgan fingerprint density at radius 3 is 2.90 bits per heavy atom. The van der Waals surface area contributed by atoms with Gasteiger partial charge in [-0.3, -0.25) is 4.79 Å². The first-order valence-corrected chi connectivity index (χ1v) is 6.76. The molecule has 1 rings (SSSR count). The summed E-state index contributed by atoms with van der Waals surface area (Å²) in [5.74, 6) is 5.14. The van der Waals surface area contributed by atoms with Gasteiger partial charge >= 0.3 is 0 Å². The molecule has 1 amide bonds. The van der Waals surface area contributed by atoms with Gasteiger partial charge in [-0.2, -0.15) is 0 Å². The largest absolute Gasteiger partial charge is 0.395 e. The molecule has 108 valence electrons. The van der Waals surface area contributed by atoms with Gasteiger partial charge in [0, 0.05) is 18.5 Å². The molecule has 0 fully saturated rings. The van der Waals surface area contributed by atoms with Gasteiger partial charge in [0.25, 0.3) is 5.91 Å². The molecular formula is C16H20FNO2. The minimum absolute atomic E-state index is 0.0577. The van der Waals surface area contributed by atoms with Gasteiger partial charge in [-0.25, -0.2) is 4.39 Å². The average molecular weight is 277 g/mol. The molecule has 1 unspecified atom stereocenters. The van der Waals surface area contributed by atoms with Crippen LogP contribution in [0.5, 0.6) is 0 Å². The molecule has 0 heterocycles. The van der Waals surface area contributed by atoms with Crippen LogP contribution in [0.1, 0.15) is 42.6 Å². The fraction of sp³-hybridized carbons (Fsp3) is 0.438. The molecular weight excluding hydrogens is 257 g/mol. The van der Waals surface area contributed by atoms with E-state index in [1.54, 1.807) is 0 Å². The second-order valence-electron chi connectivity index (χ2n) is 4.69. The lowest BCUT2D eigenvalue weighted by molar-refractivity contribution is 0.0947. The number of benzene rings is 1. The highest BCUT2D eigenvalue weighted by atomic mass is 19.1. The van der Waals surface area contributed by atoms with Crippen molar-refractivity contribution >= 4 is 5.91 Å². The molecule has 0 aliphatic carbocycles. The minimum Gasteiger partial charge on any atom is -0.395 e. The summed E-state index contributed by atoms with van der Waals surface area (Å²) >= 11 is 0. The van der Waals surface area contributed by atoms with Crippen LogP contribution >= 0.6 is 0 Å². The quantitative estimate of drug-likeness (QED) is 0.812. The summed E-state index contributed by atoms with van der Waals surface area (Å²) in [7, 11) is 0. The van der Waals surface area contributed by atoms with Crippen LogP contribution in [0.15, 0.2) is 18.2 Å². The number of aliphatic hydroxyl groups excluding tert-OH is 1. The monoisotopic (exact) mass is 277 g/mol. The lowest BCUT2D eigenvalue weighted by Gasteiger charge is -2.11. The van der Waals surface area contributed by atoms with E-state index in [4.69, 9.17) is 5.11 Å². The second kappa shape index (κ2) is 8.34. The van der Waals surface area contributed by atoms with Gasteiger partial charge in [-0.05, 0) is 24.1 Å². The zero-order valence-corrected chi connectivity index (χ0v) is 11.9. The maximum atomic E-state index is 13.2. The van der Waals surface area contributed by atoms with Gasteiger partial charge in [-0.15, -0.1) is 0 Å². The third-order valence-electron chi connectivity index (χ3n) is 2.99. The maximum absolute atomic E-state index is 13.2. The average Bonchev–Trinajstić information content (AvgIpc) is 2.44. The van der Waals surface area contributed by atoms with Gasteiger partial charge in [0.2, 0.25) is 0 Å². The van der Waals surface area contributed by atoms with E-state index in [9.17, 15) is 9.18 Å². The summed E-state index contributed by atoms with van der Waals surface area (Å²) in [5, 5.41) is 11.5. The number of amides is 1. The third-order valence-corrected chi connectivity index (χ3v) is 2.99. The van der Waals surface area contributed by atoms with E-state index in [0.717, 1.165) is 6.42 Å². The molecule has 0 spiro atoms. The molecule has 0 saturated heterocycles.